The van der Waals surface area contributed by atoms with Crippen LogP contribution in [-0.4, -0.2) is 47.8 Å². The van der Waals surface area contributed by atoms with Crippen LogP contribution in [0.15, 0.2) is 47.5 Å². The Balaban J connectivity index is 1.58. The number of hydrogen-bond acceptors (Lipinski definition) is 4. The van der Waals surface area contributed by atoms with Crippen molar-refractivity contribution in [3.63, 3.8) is 0 Å². The number of carbonyl (C=O) groups excluding carboxylic acids is 2. The summed E-state index contributed by atoms with van der Waals surface area (Å²) < 4.78 is 5.50. The first-order valence-electron chi connectivity index (χ1n) is 10.0. The lowest BCUT2D eigenvalue weighted by molar-refractivity contribution is -0.136. The summed E-state index contributed by atoms with van der Waals surface area (Å²) in [6, 6.07) is 12.9. The molecule has 0 atom stereocenters. The van der Waals surface area contributed by atoms with Crippen molar-refractivity contribution in [2.24, 2.45) is 4.99 Å². The van der Waals surface area contributed by atoms with Crippen LogP contribution in [0.3, 0.4) is 0 Å². The number of carbonyl (C=O) groups is 2. The normalized spacial score (nSPS) is 17.9. The summed E-state index contributed by atoms with van der Waals surface area (Å²) in [5.74, 6) is -0.483. The number of hydrogen-bond donors (Lipinski definition) is 1. The summed E-state index contributed by atoms with van der Waals surface area (Å²) in [7, 11) is 0. The van der Waals surface area contributed by atoms with E-state index in [2.05, 4.69) is 5.32 Å². The SMILES string of the molecule is Cc1ccc(NC(=O)CN2C(=O)C(c3ccc(Cl)cc3)=NC23CCOCC3)c(C)c1. The first-order valence-corrected chi connectivity index (χ1v) is 10.4. The molecule has 2 aliphatic heterocycles. The molecule has 1 saturated heterocycles. The third kappa shape index (κ3) is 3.98. The molecule has 2 aromatic rings. The minimum absolute atomic E-state index is 0.0628. The molecule has 1 fully saturated rings. The summed E-state index contributed by atoms with van der Waals surface area (Å²) in [6.45, 7) is 4.89. The van der Waals surface area contributed by atoms with Gasteiger partial charge in [0, 0.05) is 29.1 Å². The van der Waals surface area contributed by atoms with Gasteiger partial charge in [-0.2, -0.15) is 0 Å². The molecule has 2 aliphatic rings. The number of ether oxygens (including phenoxy) is 1. The fourth-order valence-corrected chi connectivity index (χ4v) is 4.14. The minimum atomic E-state index is -0.746. The Hall–Kier alpha value is -2.70. The van der Waals surface area contributed by atoms with Crippen LogP contribution >= 0.6 is 11.6 Å². The summed E-state index contributed by atoms with van der Waals surface area (Å²) in [4.78, 5) is 32.6. The molecule has 30 heavy (non-hydrogen) atoms. The van der Waals surface area contributed by atoms with Gasteiger partial charge in [0.25, 0.3) is 5.91 Å². The van der Waals surface area contributed by atoms with Crippen molar-refractivity contribution in [3.8, 4) is 0 Å². The predicted molar refractivity (Wildman–Crippen MR) is 117 cm³/mol. The lowest BCUT2D eigenvalue weighted by Gasteiger charge is -2.38. The molecule has 6 nitrogen and oxygen atoms in total. The maximum Gasteiger partial charge on any atom is 0.275 e. The first kappa shape index (κ1) is 20.6. The fraction of sp³-hybridized carbons (Fsp3) is 0.348. The molecule has 0 radical (unpaired) electrons. The smallest absolute Gasteiger partial charge is 0.275 e. The van der Waals surface area contributed by atoms with Crippen molar-refractivity contribution < 1.29 is 14.3 Å². The molecule has 2 heterocycles. The average Bonchev–Trinajstić information content (AvgIpc) is 2.97. The highest BCUT2D eigenvalue weighted by Gasteiger charge is 2.48. The van der Waals surface area contributed by atoms with E-state index >= 15 is 0 Å². The summed E-state index contributed by atoms with van der Waals surface area (Å²) in [5, 5.41) is 3.53. The van der Waals surface area contributed by atoms with Gasteiger partial charge in [0.05, 0.1) is 13.2 Å². The molecule has 2 aromatic carbocycles. The Bertz CT molecular complexity index is 1010. The van der Waals surface area contributed by atoms with Gasteiger partial charge in [0.15, 0.2) is 0 Å². The number of benzene rings is 2. The van der Waals surface area contributed by atoms with Gasteiger partial charge in [0.1, 0.15) is 17.9 Å². The van der Waals surface area contributed by atoms with Crippen molar-refractivity contribution in [1.29, 1.82) is 0 Å². The summed E-state index contributed by atoms with van der Waals surface area (Å²) in [5.41, 5.74) is 3.18. The molecule has 4 rings (SSSR count). The maximum atomic E-state index is 13.3. The standard InChI is InChI=1S/C23H24ClN3O3/c1-15-3-8-19(16(2)13-15)25-20(28)14-27-22(29)21(17-4-6-18(24)7-5-17)26-23(27)9-11-30-12-10-23/h3-8,13H,9-12,14H2,1-2H3,(H,25,28). The molecule has 7 heteroatoms. The van der Waals surface area contributed by atoms with E-state index < -0.39 is 5.66 Å². The van der Waals surface area contributed by atoms with Crippen molar-refractivity contribution in [3.05, 3.63) is 64.2 Å². The third-order valence-electron chi connectivity index (χ3n) is 5.64. The van der Waals surface area contributed by atoms with Crippen LogP contribution < -0.4 is 5.32 Å². The second-order valence-electron chi connectivity index (χ2n) is 7.82. The van der Waals surface area contributed by atoms with Crippen LogP contribution in [0.2, 0.25) is 5.02 Å². The number of anilines is 1. The van der Waals surface area contributed by atoms with Crippen LogP contribution in [-0.2, 0) is 14.3 Å². The zero-order chi connectivity index (χ0) is 21.3. The van der Waals surface area contributed by atoms with E-state index in [9.17, 15) is 9.59 Å². The molecule has 0 aromatic heterocycles. The molecule has 0 aliphatic carbocycles. The van der Waals surface area contributed by atoms with Crippen LogP contribution in [0.4, 0.5) is 5.69 Å². The lowest BCUT2D eigenvalue weighted by atomic mass is 10.00. The summed E-state index contributed by atoms with van der Waals surface area (Å²) >= 11 is 5.99. The monoisotopic (exact) mass is 425 g/mol. The largest absolute Gasteiger partial charge is 0.381 e. The third-order valence-corrected chi connectivity index (χ3v) is 5.89. The number of aryl methyl sites for hydroxylation is 2. The Morgan fingerprint density at radius 3 is 2.53 bits per heavy atom. The zero-order valence-corrected chi connectivity index (χ0v) is 17.8. The number of halogens is 1. The zero-order valence-electron chi connectivity index (χ0n) is 17.1. The van der Waals surface area contributed by atoms with E-state index in [0.717, 1.165) is 16.8 Å². The highest BCUT2D eigenvalue weighted by molar-refractivity contribution is 6.47. The van der Waals surface area contributed by atoms with E-state index in [0.29, 0.717) is 42.4 Å². The average molecular weight is 426 g/mol. The molecule has 1 N–H and O–H groups in total. The van der Waals surface area contributed by atoms with E-state index in [1.54, 1.807) is 29.2 Å². The number of nitrogens with one attached hydrogen (secondary N) is 1. The van der Waals surface area contributed by atoms with E-state index in [4.69, 9.17) is 21.3 Å². The van der Waals surface area contributed by atoms with Gasteiger partial charge in [-0.25, -0.2) is 0 Å². The Labute approximate surface area is 180 Å². The van der Waals surface area contributed by atoms with Gasteiger partial charge in [0.2, 0.25) is 5.91 Å². The highest BCUT2D eigenvalue weighted by Crippen LogP contribution is 2.35. The molecule has 1 spiro atoms. The second-order valence-corrected chi connectivity index (χ2v) is 8.26. The number of nitrogens with zero attached hydrogens (tertiary/aromatic N) is 2. The minimum Gasteiger partial charge on any atom is -0.381 e. The van der Waals surface area contributed by atoms with Crippen LogP contribution in [0.25, 0.3) is 0 Å². The molecule has 156 valence electrons. The Morgan fingerprint density at radius 2 is 1.87 bits per heavy atom. The lowest BCUT2D eigenvalue weighted by Crippen LogP contribution is -2.52. The topological polar surface area (TPSA) is 71.0 Å². The van der Waals surface area contributed by atoms with Crippen molar-refractivity contribution in [2.45, 2.75) is 32.4 Å². The molecule has 2 amide bonds. The Kier molecular flexibility index (Phi) is 5.62. The number of aliphatic imine (C=N–C) groups is 1. The first-order chi connectivity index (χ1) is 14.4. The van der Waals surface area contributed by atoms with Crippen LogP contribution in [0.1, 0.15) is 29.5 Å². The van der Waals surface area contributed by atoms with Gasteiger partial charge in [-0.15, -0.1) is 0 Å². The molecule has 0 unspecified atom stereocenters. The van der Waals surface area contributed by atoms with Gasteiger partial charge in [-0.1, -0.05) is 41.4 Å². The molecule has 0 saturated carbocycles. The van der Waals surface area contributed by atoms with Crippen molar-refractivity contribution in [2.75, 3.05) is 25.1 Å². The van der Waals surface area contributed by atoms with Gasteiger partial charge in [-0.05, 0) is 37.6 Å². The van der Waals surface area contributed by atoms with Crippen LogP contribution in [0.5, 0.6) is 0 Å². The molecular weight excluding hydrogens is 402 g/mol. The van der Waals surface area contributed by atoms with E-state index in [1.807, 2.05) is 32.0 Å². The second kappa shape index (κ2) is 8.20. The van der Waals surface area contributed by atoms with E-state index in [1.165, 1.54) is 0 Å². The van der Waals surface area contributed by atoms with Crippen molar-refractivity contribution >= 4 is 34.8 Å². The van der Waals surface area contributed by atoms with Gasteiger partial charge in [-0.3, -0.25) is 14.6 Å². The molecule has 0 bridgehead atoms. The predicted octanol–water partition coefficient (Wildman–Crippen LogP) is 3.73. The number of rotatable bonds is 4. The molecular formula is C23H24ClN3O3. The Morgan fingerprint density at radius 1 is 1.17 bits per heavy atom. The van der Waals surface area contributed by atoms with Crippen molar-refractivity contribution in [1.82, 2.24) is 4.90 Å². The van der Waals surface area contributed by atoms with E-state index in [-0.39, 0.29) is 18.4 Å². The van der Waals surface area contributed by atoms with Gasteiger partial charge < -0.3 is 15.0 Å². The summed E-state index contributed by atoms with van der Waals surface area (Å²) in [6.07, 6.45) is 1.12. The van der Waals surface area contributed by atoms with Gasteiger partial charge >= 0.3 is 0 Å². The number of amides is 2. The maximum absolute atomic E-state index is 13.3. The van der Waals surface area contributed by atoms with Crippen LogP contribution in [0, 0.1) is 13.8 Å². The quantitative estimate of drug-likeness (QED) is 0.811. The highest BCUT2D eigenvalue weighted by atomic mass is 35.5. The fourth-order valence-electron chi connectivity index (χ4n) is 4.02.